The van der Waals surface area contributed by atoms with Crippen LogP contribution in [0.4, 0.5) is 14.5 Å². The number of carbonyl (C=O) groups excluding carboxylic acids is 2. The summed E-state index contributed by atoms with van der Waals surface area (Å²) in [5.41, 5.74) is -0.195. The van der Waals surface area contributed by atoms with Gasteiger partial charge in [0.25, 0.3) is 11.7 Å². The Kier molecular flexibility index (Phi) is 5.21. The van der Waals surface area contributed by atoms with Crippen LogP contribution in [0.5, 0.6) is 5.75 Å². The maximum Gasteiger partial charge on any atom is 0.300 e. The van der Waals surface area contributed by atoms with Gasteiger partial charge < -0.3 is 9.84 Å². The number of methoxy groups -OCH3 is 1. The lowest BCUT2D eigenvalue weighted by Crippen LogP contribution is -2.30. The minimum absolute atomic E-state index is 0.177. The van der Waals surface area contributed by atoms with E-state index in [0.29, 0.717) is 5.56 Å². The molecule has 156 valence electrons. The number of pyridine rings is 1. The largest absolute Gasteiger partial charge is 0.507 e. The zero-order valence-electron chi connectivity index (χ0n) is 16.3. The molecule has 2 aromatic carbocycles. The number of aliphatic hydroxyl groups is 1. The fraction of sp³-hybridized carbons (Fsp3) is 0.0870. The maximum atomic E-state index is 14.6. The summed E-state index contributed by atoms with van der Waals surface area (Å²) in [7, 11) is 1.39. The Balaban J connectivity index is 2.00. The van der Waals surface area contributed by atoms with E-state index in [1.165, 1.54) is 25.6 Å². The molecule has 3 aromatic rings. The Morgan fingerprint density at radius 3 is 2.58 bits per heavy atom. The quantitative estimate of drug-likeness (QED) is 0.391. The lowest BCUT2D eigenvalue weighted by atomic mass is 9.96. The van der Waals surface area contributed by atoms with Crippen LogP contribution in [-0.2, 0) is 9.59 Å². The molecular weight excluding hydrogens is 406 g/mol. The van der Waals surface area contributed by atoms with E-state index in [9.17, 15) is 23.5 Å². The number of benzene rings is 2. The van der Waals surface area contributed by atoms with Gasteiger partial charge in [0.05, 0.1) is 30.0 Å². The van der Waals surface area contributed by atoms with Gasteiger partial charge in [-0.15, -0.1) is 0 Å². The van der Waals surface area contributed by atoms with E-state index >= 15 is 0 Å². The molecule has 2 heterocycles. The number of para-hydroxylation sites is 1. The van der Waals surface area contributed by atoms with Gasteiger partial charge in [0, 0.05) is 18.5 Å². The van der Waals surface area contributed by atoms with Gasteiger partial charge >= 0.3 is 0 Å². The van der Waals surface area contributed by atoms with Crippen LogP contribution in [-0.4, -0.2) is 28.9 Å². The number of Topliss-reactive ketones (excluding diaryl/α,β-unsaturated/α-hetero) is 1. The van der Waals surface area contributed by atoms with Crippen LogP contribution in [0, 0.1) is 11.6 Å². The highest BCUT2D eigenvalue weighted by Crippen LogP contribution is 2.43. The minimum Gasteiger partial charge on any atom is -0.507 e. The van der Waals surface area contributed by atoms with Crippen molar-refractivity contribution in [2.75, 3.05) is 12.0 Å². The van der Waals surface area contributed by atoms with Crippen molar-refractivity contribution >= 4 is 23.1 Å². The summed E-state index contributed by atoms with van der Waals surface area (Å²) in [6.07, 6.45) is 2.87. The number of rotatable bonds is 4. The Bertz CT molecular complexity index is 1210. The fourth-order valence-corrected chi connectivity index (χ4v) is 3.59. The summed E-state index contributed by atoms with van der Waals surface area (Å²) in [4.78, 5) is 30.8. The van der Waals surface area contributed by atoms with E-state index in [4.69, 9.17) is 4.74 Å². The van der Waals surface area contributed by atoms with E-state index in [1.54, 1.807) is 30.3 Å². The molecule has 0 saturated carbocycles. The second kappa shape index (κ2) is 7.98. The van der Waals surface area contributed by atoms with Crippen LogP contribution in [0.1, 0.15) is 17.2 Å². The molecule has 1 amide bonds. The molecule has 1 aromatic heterocycles. The van der Waals surface area contributed by atoms with Crippen LogP contribution in [0.15, 0.2) is 72.6 Å². The molecule has 1 aliphatic rings. The summed E-state index contributed by atoms with van der Waals surface area (Å²) < 4.78 is 33.7. The van der Waals surface area contributed by atoms with Gasteiger partial charge in [-0.3, -0.25) is 19.5 Å². The molecule has 6 nitrogen and oxygen atoms in total. The molecule has 1 fully saturated rings. The Hall–Kier alpha value is -4.07. The third kappa shape index (κ3) is 3.42. The first-order chi connectivity index (χ1) is 14.9. The molecule has 1 N–H and O–H groups in total. The van der Waals surface area contributed by atoms with Crippen LogP contribution >= 0.6 is 0 Å². The van der Waals surface area contributed by atoms with E-state index < -0.39 is 40.8 Å². The molecule has 1 saturated heterocycles. The van der Waals surface area contributed by atoms with Gasteiger partial charge in [-0.05, 0) is 35.9 Å². The Morgan fingerprint density at radius 1 is 1.10 bits per heavy atom. The SMILES string of the molecule is COc1ccccc1/C(O)=C1\C(=O)C(=O)N(c2cc(F)ccc2F)C1c1cccnc1. The highest BCUT2D eigenvalue weighted by molar-refractivity contribution is 6.51. The standard InChI is InChI=1S/C23H16F2N2O4/c1-31-18-7-3-2-6-15(18)21(28)19-20(13-5-4-10-26-12-13)27(23(30)22(19)29)17-11-14(24)8-9-16(17)25/h2-12,20,28H,1H3/b21-19+. The van der Waals surface area contributed by atoms with E-state index in [0.717, 1.165) is 23.1 Å². The number of ketones is 1. The molecule has 8 heteroatoms. The number of aromatic nitrogens is 1. The van der Waals surface area contributed by atoms with Gasteiger partial charge in [-0.25, -0.2) is 8.78 Å². The summed E-state index contributed by atoms with van der Waals surface area (Å²) in [6.45, 7) is 0. The number of halogens is 2. The van der Waals surface area contributed by atoms with E-state index in [-0.39, 0.29) is 16.9 Å². The third-order valence-corrected chi connectivity index (χ3v) is 4.97. The summed E-state index contributed by atoms with van der Waals surface area (Å²) in [5, 5.41) is 11.1. The first-order valence-corrected chi connectivity index (χ1v) is 9.23. The van der Waals surface area contributed by atoms with Crippen LogP contribution in [0.3, 0.4) is 0 Å². The first kappa shape index (κ1) is 20.2. The van der Waals surface area contributed by atoms with Gasteiger partial charge in [-0.2, -0.15) is 0 Å². The molecule has 1 aliphatic heterocycles. The highest BCUT2D eigenvalue weighted by atomic mass is 19.1. The predicted octanol–water partition coefficient (Wildman–Crippen LogP) is 3.99. The summed E-state index contributed by atoms with van der Waals surface area (Å²) in [5.74, 6) is -4.05. The normalized spacial score (nSPS) is 17.8. The average Bonchev–Trinajstić information content (AvgIpc) is 3.06. The number of carbonyl (C=O) groups is 2. The molecule has 0 spiro atoms. The maximum absolute atomic E-state index is 14.6. The smallest absolute Gasteiger partial charge is 0.300 e. The molecule has 31 heavy (non-hydrogen) atoms. The van der Waals surface area contributed by atoms with Crippen LogP contribution in [0.25, 0.3) is 5.76 Å². The topological polar surface area (TPSA) is 79.7 Å². The molecule has 0 radical (unpaired) electrons. The first-order valence-electron chi connectivity index (χ1n) is 9.23. The van der Waals surface area contributed by atoms with Crippen molar-refractivity contribution in [2.24, 2.45) is 0 Å². The molecule has 0 aliphatic carbocycles. The van der Waals surface area contributed by atoms with Gasteiger partial charge in [-0.1, -0.05) is 18.2 Å². The van der Waals surface area contributed by atoms with E-state index in [1.807, 2.05) is 0 Å². The highest BCUT2D eigenvalue weighted by Gasteiger charge is 2.48. The number of aliphatic hydroxyl groups excluding tert-OH is 1. The van der Waals surface area contributed by atoms with Crippen molar-refractivity contribution in [1.29, 1.82) is 0 Å². The number of hydrogen-bond acceptors (Lipinski definition) is 5. The minimum atomic E-state index is -1.23. The van der Waals surface area contributed by atoms with Crippen LogP contribution < -0.4 is 9.64 Å². The van der Waals surface area contributed by atoms with Crippen molar-refractivity contribution in [2.45, 2.75) is 6.04 Å². The fourth-order valence-electron chi connectivity index (χ4n) is 3.59. The molecule has 1 atom stereocenters. The van der Waals surface area contributed by atoms with E-state index in [2.05, 4.69) is 4.98 Å². The number of nitrogens with zero attached hydrogens (tertiary/aromatic N) is 2. The Labute approximate surface area is 176 Å². The zero-order valence-corrected chi connectivity index (χ0v) is 16.3. The molecule has 4 rings (SSSR count). The zero-order chi connectivity index (χ0) is 22.1. The molecule has 1 unspecified atom stereocenters. The average molecular weight is 422 g/mol. The van der Waals surface area contributed by atoms with Crippen molar-refractivity contribution < 1.29 is 28.2 Å². The van der Waals surface area contributed by atoms with Crippen molar-refractivity contribution in [3.05, 3.63) is 95.3 Å². The second-order valence-corrected chi connectivity index (χ2v) is 6.75. The number of hydrogen-bond donors (Lipinski definition) is 1. The van der Waals surface area contributed by atoms with Gasteiger partial charge in [0.1, 0.15) is 23.1 Å². The molecular formula is C23H16F2N2O4. The predicted molar refractivity (Wildman–Crippen MR) is 108 cm³/mol. The lowest BCUT2D eigenvalue weighted by Gasteiger charge is -2.25. The van der Waals surface area contributed by atoms with Gasteiger partial charge in [0.15, 0.2) is 0 Å². The number of amides is 1. The second-order valence-electron chi connectivity index (χ2n) is 6.75. The summed E-state index contributed by atoms with van der Waals surface area (Å²) >= 11 is 0. The third-order valence-electron chi connectivity index (χ3n) is 4.97. The monoisotopic (exact) mass is 422 g/mol. The van der Waals surface area contributed by atoms with Gasteiger partial charge in [0.2, 0.25) is 0 Å². The van der Waals surface area contributed by atoms with Crippen molar-refractivity contribution in [1.82, 2.24) is 4.98 Å². The molecule has 0 bridgehead atoms. The summed E-state index contributed by atoms with van der Waals surface area (Å²) in [6, 6.07) is 10.9. The van der Waals surface area contributed by atoms with Crippen molar-refractivity contribution in [3.63, 3.8) is 0 Å². The Morgan fingerprint density at radius 2 is 1.87 bits per heavy atom. The van der Waals surface area contributed by atoms with Crippen molar-refractivity contribution in [3.8, 4) is 5.75 Å². The lowest BCUT2D eigenvalue weighted by molar-refractivity contribution is -0.132. The van der Waals surface area contributed by atoms with Crippen LogP contribution in [0.2, 0.25) is 0 Å². The number of ether oxygens (including phenoxy) is 1. The number of anilines is 1.